The van der Waals surface area contributed by atoms with Crippen molar-refractivity contribution in [2.24, 2.45) is 0 Å². The van der Waals surface area contributed by atoms with Crippen molar-refractivity contribution in [3.05, 3.63) is 29.8 Å². The lowest BCUT2D eigenvalue weighted by Crippen LogP contribution is -1.98. The minimum Gasteiger partial charge on any atom is -0.494 e. The molecule has 0 unspecified atom stereocenters. The standard InChI is InChI=1S/C11H16O2S/c1-14-7-3-6-13-11-5-2-4-10(8-11)9-12/h2,4-5,8,12H,3,6-7,9H2,1H3. The van der Waals surface area contributed by atoms with Gasteiger partial charge in [-0.15, -0.1) is 0 Å². The molecule has 14 heavy (non-hydrogen) atoms. The van der Waals surface area contributed by atoms with E-state index in [1.54, 1.807) is 0 Å². The Morgan fingerprint density at radius 1 is 1.43 bits per heavy atom. The lowest BCUT2D eigenvalue weighted by atomic mass is 10.2. The zero-order valence-electron chi connectivity index (χ0n) is 8.40. The van der Waals surface area contributed by atoms with E-state index in [9.17, 15) is 0 Å². The Labute approximate surface area is 89.3 Å². The Bertz CT molecular complexity index is 263. The minimum absolute atomic E-state index is 0.0714. The average molecular weight is 212 g/mol. The highest BCUT2D eigenvalue weighted by molar-refractivity contribution is 7.98. The molecule has 3 heteroatoms. The summed E-state index contributed by atoms with van der Waals surface area (Å²) in [7, 11) is 0. The highest BCUT2D eigenvalue weighted by Crippen LogP contribution is 2.13. The fourth-order valence-corrected chi connectivity index (χ4v) is 1.53. The fraction of sp³-hybridized carbons (Fsp3) is 0.455. The maximum absolute atomic E-state index is 8.91. The first-order chi connectivity index (χ1) is 6.86. The van der Waals surface area contributed by atoms with Crippen molar-refractivity contribution in [2.75, 3.05) is 18.6 Å². The molecule has 1 N–H and O–H groups in total. The summed E-state index contributed by atoms with van der Waals surface area (Å²) in [6, 6.07) is 7.57. The average Bonchev–Trinajstić information content (AvgIpc) is 2.25. The molecule has 0 spiro atoms. The van der Waals surface area contributed by atoms with Crippen molar-refractivity contribution in [3.8, 4) is 5.75 Å². The predicted molar refractivity (Wildman–Crippen MR) is 60.9 cm³/mol. The van der Waals surface area contributed by atoms with Crippen molar-refractivity contribution >= 4 is 11.8 Å². The summed E-state index contributed by atoms with van der Waals surface area (Å²) in [6.07, 6.45) is 3.15. The van der Waals surface area contributed by atoms with Crippen LogP contribution in [0.25, 0.3) is 0 Å². The molecule has 0 fully saturated rings. The highest BCUT2D eigenvalue weighted by atomic mass is 32.2. The van der Waals surface area contributed by atoms with Crippen LogP contribution < -0.4 is 4.74 Å². The summed E-state index contributed by atoms with van der Waals surface area (Å²) in [5.74, 6) is 1.97. The first kappa shape index (κ1) is 11.4. The Hall–Kier alpha value is -0.670. The molecule has 0 amide bonds. The van der Waals surface area contributed by atoms with Gasteiger partial charge in [0.05, 0.1) is 13.2 Å². The molecule has 0 saturated heterocycles. The zero-order chi connectivity index (χ0) is 10.2. The zero-order valence-corrected chi connectivity index (χ0v) is 9.22. The fourth-order valence-electron chi connectivity index (χ4n) is 1.13. The summed E-state index contributed by atoms with van der Waals surface area (Å²) in [4.78, 5) is 0. The van der Waals surface area contributed by atoms with Crippen molar-refractivity contribution in [2.45, 2.75) is 13.0 Å². The van der Waals surface area contributed by atoms with Gasteiger partial charge in [-0.1, -0.05) is 12.1 Å². The first-order valence-corrected chi connectivity index (χ1v) is 6.07. The molecule has 0 radical (unpaired) electrons. The van der Waals surface area contributed by atoms with Crippen molar-refractivity contribution in [3.63, 3.8) is 0 Å². The van der Waals surface area contributed by atoms with E-state index >= 15 is 0 Å². The SMILES string of the molecule is CSCCCOc1cccc(CO)c1. The molecular weight excluding hydrogens is 196 g/mol. The van der Waals surface area contributed by atoms with E-state index < -0.39 is 0 Å². The molecule has 0 bridgehead atoms. The molecular formula is C11H16O2S. The van der Waals surface area contributed by atoms with Gasteiger partial charge >= 0.3 is 0 Å². The molecule has 2 nitrogen and oxygen atoms in total. The van der Waals surface area contributed by atoms with E-state index in [-0.39, 0.29) is 6.61 Å². The predicted octanol–water partition coefficient (Wildman–Crippen LogP) is 2.31. The Balaban J connectivity index is 2.34. The van der Waals surface area contributed by atoms with Gasteiger partial charge in [0.2, 0.25) is 0 Å². The van der Waals surface area contributed by atoms with Crippen molar-refractivity contribution in [1.29, 1.82) is 0 Å². The summed E-state index contributed by atoms with van der Waals surface area (Å²) in [6.45, 7) is 0.817. The summed E-state index contributed by atoms with van der Waals surface area (Å²) >= 11 is 1.82. The first-order valence-electron chi connectivity index (χ1n) is 4.68. The van der Waals surface area contributed by atoms with Gasteiger partial charge in [-0.25, -0.2) is 0 Å². The van der Waals surface area contributed by atoms with E-state index in [2.05, 4.69) is 6.26 Å². The van der Waals surface area contributed by atoms with Crippen molar-refractivity contribution < 1.29 is 9.84 Å². The molecule has 0 heterocycles. The number of ether oxygens (including phenoxy) is 1. The maximum Gasteiger partial charge on any atom is 0.119 e. The topological polar surface area (TPSA) is 29.5 Å². The molecule has 0 aliphatic heterocycles. The van der Waals surface area contributed by atoms with Crippen LogP contribution in [0.5, 0.6) is 5.75 Å². The van der Waals surface area contributed by atoms with Crippen LogP contribution in [0, 0.1) is 0 Å². The van der Waals surface area contributed by atoms with Crippen LogP contribution in [-0.4, -0.2) is 23.7 Å². The van der Waals surface area contributed by atoms with E-state index in [1.165, 1.54) is 0 Å². The second kappa shape index (κ2) is 6.74. The van der Waals surface area contributed by atoms with Gasteiger partial charge < -0.3 is 9.84 Å². The number of benzene rings is 1. The lowest BCUT2D eigenvalue weighted by Gasteiger charge is -2.06. The van der Waals surface area contributed by atoms with Crippen LogP contribution in [-0.2, 0) is 6.61 Å². The van der Waals surface area contributed by atoms with Gasteiger partial charge in [0.1, 0.15) is 5.75 Å². The monoisotopic (exact) mass is 212 g/mol. The molecule has 0 aliphatic rings. The van der Waals surface area contributed by atoms with Crippen LogP contribution in [0.4, 0.5) is 0 Å². The third-order valence-corrected chi connectivity index (χ3v) is 2.54. The van der Waals surface area contributed by atoms with E-state index in [0.29, 0.717) is 0 Å². The summed E-state index contributed by atoms with van der Waals surface area (Å²) < 4.78 is 5.53. The summed E-state index contributed by atoms with van der Waals surface area (Å²) in [5.41, 5.74) is 0.896. The Morgan fingerprint density at radius 3 is 3.00 bits per heavy atom. The highest BCUT2D eigenvalue weighted by Gasteiger charge is 1.95. The Morgan fingerprint density at radius 2 is 2.29 bits per heavy atom. The van der Waals surface area contributed by atoms with Crippen LogP contribution in [0.1, 0.15) is 12.0 Å². The lowest BCUT2D eigenvalue weighted by molar-refractivity contribution is 0.279. The second-order valence-electron chi connectivity index (χ2n) is 3.00. The number of aliphatic hydroxyl groups is 1. The van der Waals surface area contributed by atoms with Gasteiger partial charge in [-0.3, -0.25) is 0 Å². The van der Waals surface area contributed by atoms with Crippen molar-refractivity contribution in [1.82, 2.24) is 0 Å². The summed E-state index contributed by atoms with van der Waals surface area (Å²) in [5, 5.41) is 8.91. The normalized spacial score (nSPS) is 10.1. The number of hydrogen-bond acceptors (Lipinski definition) is 3. The maximum atomic E-state index is 8.91. The Kier molecular flexibility index (Phi) is 5.49. The third kappa shape index (κ3) is 4.03. The largest absolute Gasteiger partial charge is 0.494 e. The molecule has 78 valence electrons. The van der Waals surface area contributed by atoms with Gasteiger partial charge in [0, 0.05) is 0 Å². The molecule has 1 aromatic rings. The number of hydrogen-bond donors (Lipinski definition) is 1. The number of aliphatic hydroxyl groups excluding tert-OH is 1. The second-order valence-corrected chi connectivity index (χ2v) is 3.99. The van der Waals surface area contributed by atoms with Gasteiger partial charge in [-0.05, 0) is 36.1 Å². The van der Waals surface area contributed by atoms with Crippen LogP contribution in [0.15, 0.2) is 24.3 Å². The van der Waals surface area contributed by atoms with Crippen LogP contribution in [0.3, 0.4) is 0 Å². The van der Waals surface area contributed by atoms with E-state index in [0.717, 1.165) is 30.1 Å². The van der Waals surface area contributed by atoms with E-state index in [4.69, 9.17) is 9.84 Å². The molecule has 1 rings (SSSR count). The molecule has 0 atom stereocenters. The molecule has 0 aliphatic carbocycles. The number of thioether (sulfide) groups is 1. The van der Waals surface area contributed by atoms with Gasteiger partial charge in [0.25, 0.3) is 0 Å². The quantitative estimate of drug-likeness (QED) is 0.734. The molecule has 0 aromatic heterocycles. The van der Waals surface area contributed by atoms with Gasteiger partial charge in [0.15, 0.2) is 0 Å². The minimum atomic E-state index is 0.0714. The molecule has 1 aromatic carbocycles. The third-order valence-electron chi connectivity index (χ3n) is 1.84. The smallest absolute Gasteiger partial charge is 0.119 e. The van der Waals surface area contributed by atoms with Gasteiger partial charge in [-0.2, -0.15) is 11.8 Å². The number of rotatable bonds is 6. The van der Waals surface area contributed by atoms with Crippen LogP contribution in [0.2, 0.25) is 0 Å². The van der Waals surface area contributed by atoms with E-state index in [1.807, 2.05) is 36.0 Å². The molecule has 0 saturated carbocycles. The van der Waals surface area contributed by atoms with Crippen LogP contribution >= 0.6 is 11.8 Å².